The minimum absolute atomic E-state index is 0.0137. The molecule has 0 spiro atoms. The van der Waals surface area contributed by atoms with Crippen molar-refractivity contribution in [1.82, 2.24) is 9.88 Å². The van der Waals surface area contributed by atoms with Gasteiger partial charge >= 0.3 is 0 Å². The van der Waals surface area contributed by atoms with E-state index in [1.165, 1.54) is 5.56 Å². The Morgan fingerprint density at radius 2 is 1.55 bits per heavy atom. The van der Waals surface area contributed by atoms with E-state index >= 15 is 0 Å². The Labute approximate surface area is 251 Å². The molecule has 3 N–H and O–H groups in total. The van der Waals surface area contributed by atoms with Crippen LogP contribution in [0.3, 0.4) is 0 Å². The lowest BCUT2D eigenvalue weighted by Crippen LogP contribution is -2.27. The number of nitrogens with zero attached hydrogens (tertiary/aromatic N) is 1. The first-order valence-electron chi connectivity index (χ1n) is 13.8. The van der Waals surface area contributed by atoms with Gasteiger partial charge in [-0.1, -0.05) is 64.4 Å². The number of methoxy groups -OCH3 is 1. The monoisotopic (exact) mass is 588 g/mol. The Morgan fingerprint density at radius 3 is 2.19 bits per heavy atom. The maximum Gasteiger partial charge on any atom is 0.272 e. The van der Waals surface area contributed by atoms with Crippen molar-refractivity contribution in [2.75, 3.05) is 17.7 Å². The highest BCUT2D eigenvalue weighted by Gasteiger charge is 2.19. The normalized spacial score (nSPS) is 11.5. The van der Waals surface area contributed by atoms with Crippen molar-refractivity contribution in [1.29, 1.82) is 0 Å². The van der Waals surface area contributed by atoms with Crippen LogP contribution in [0.1, 0.15) is 66.6 Å². The van der Waals surface area contributed by atoms with Crippen LogP contribution >= 0.6 is 11.6 Å². The van der Waals surface area contributed by atoms with Crippen molar-refractivity contribution in [2.45, 2.75) is 53.3 Å². The first-order chi connectivity index (χ1) is 19.9. The molecule has 0 atom stereocenters. The molecule has 8 nitrogen and oxygen atoms in total. The fourth-order valence-electron chi connectivity index (χ4n) is 4.50. The zero-order chi connectivity index (χ0) is 30.6. The molecule has 1 aromatic heterocycles. The first-order valence-corrected chi connectivity index (χ1v) is 14.2. The second kappa shape index (κ2) is 12.8. The number of hydrogen-bond acceptors (Lipinski definition) is 4. The number of fused-ring (bicyclic) bond motifs is 1. The SMILES string of the molecule is COCn1c(C(=O)Nc2ccc(C(C)(C)C)cc2)cc2cc(NC(=O)c3cc(CNC(=O)C(C)C)ccc3Cl)ccc21. The van der Waals surface area contributed by atoms with E-state index in [-0.39, 0.29) is 35.8 Å². The van der Waals surface area contributed by atoms with Crippen molar-refractivity contribution >= 4 is 51.6 Å². The minimum atomic E-state index is -0.385. The second-order valence-electron chi connectivity index (χ2n) is 11.6. The van der Waals surface area contributed by atoms with Gasteiger partial charge in [-0.3, -0.25) is 14.4 Å². The molecule has 42 heavy (non-hydrogen) atoms. The fraction of sp³-hybridized carbons (Fsp3) is 0.303. The van der Waals surface area contributed by atoms with Gasteiger partial charge in [-0.2, -0.15) is 0 Å². The minimum Gasteiger partial charge on any atom is -0.364 e. The number of amides is 3. The molecule has 4 rings (SSSR count). The van der Waals surface area contributed by atoms with E-state index in [4.69, 9.17) is 16.3 Å². The van der Waals surface area contributed by atoms with Crippen molar-refractivity contribution in [3.8, 4) is 0 Å². The fourth-order valence-corrected chi connectivity index (χ4v) is 4.71. The lowest BCUT2D eigenvalue weighted by Gasteiger charge is -2.19. The zero-order valence-electron chi connectivity index (χ0n) is 24.8. The lowest BCUT2D eigenvalue weighted by atomic mass is 9.87. The van der Waals surface area contributed by atoms with Gasteiger partial charge in [0.15, 0.2) is 0 Å². The predicted molar refractivity (Wildman–Crippen MR) is 168 cm³/mol. The largest absolute Gasteiger partial charge is 0.364 e. The van der Waals surface area contributed by atoms with Gasteiger partial charge in [-0.05, 0) is 65.1 Å². The highest BCUT2D eigenvalue weighted by Crippen LogP contribution is 2.27. The van der Waals surface area contributed by atoms with Gasteiger partial charge in [0.05, 0.1) is 16.1 Å². The number of hydrogen-bond donors (Lipinski definition) is 3. The molecule has 0 aliphatic heterocycles. The van der Waals surface area contributed by atoms with Crippen LogP contribution in [0.2, 0.25) is 5.02 Å². The van der Waals surface area contributed by atoms with Crippen molar-refractivity contribution in [2.24, 2.45) is 5.92 Å². The summed E-state index contributed by atoms with van der Waals surface area (Å²) in [7, 11) is 1.57. The van der Waals surface area contributed by atoms with E-state index in [0.29, 0.717) is 34.2 Å². The maximum absolute atomic E-state index is 13.3. The van der Waals surface area contributed by atoms with Gasteiger partial charge < -0.3 is 25.3 Å². The number of anilines is 2. The van der Waals surface area contributed by atoms with E-state index in [0.717, 1.165) is 16.5 Å². The number of aromatic nitrogens is 1. The molecule has 0 saturated heterocycles. The number of nitrogens with one attached hydrogen (secondary N) is 3. The highest BCUT2D eigenvalue weighted by atomic mass is 35.5. The van der Waals surface area contributed by atoms with E-state index in [9.17, 15) is 14.4 Å². The van der Waals surface area contributed by atoms with E-state index < -0.39 is 0 Å². The molecule has 0 saturated carbocycles. The van der Waals surface area contributed by atoms with Gasteiger partial charge in [0.2, 0.25) is 5.91 Å². The van der Waals surface area contributed by atoms with E-state index in [2.05, 4.69) is 36.7 Å². The Bertz CT molecular complexity index is 1620. The topological polar surface area (TPSA) is 101 Å². The van der Waals surface area contributed by atoms with Crippen LogP contribution in [0.15, 0.2) is 66.7 Å². The third-order valence-corrected chi connectivity index (χ3v) is 7.25. The van der Waals surface area contributed by atoms with Crippen LogP contribution in [-0.4, -0.2) is 29.4 Å². The Hall–Kier alpha value is -4.14. The summed E-state index contributed by atoms with van der Waals surface area (Å²) >= 11 is 6.35. The Morgan fingerprint density at radius 1 is 0.881 bits per heavy atom. The van der Waals surface area contributed by atoms with Crippen molar-refractivity contribution < 1.29 is 19.1 Å². The third kappa shape index (κ3) is 7.19. The summed E-state index contributed by atoms with van der Waals surface area (Å²) in [6.07, 6.45) is 0. The molecule has 0 radical (unpaired) electrons. The number of halogens is 1. The molecule has 3 amide bonds. The Balaban J connectivity index is 1.54. The van der Waals surface area contributed by atoms with Gasteiger partial charge in [0, 0.05) is 36.3 Å². The van der Waals surface area contributed by atoms with Gasteiger partial charge in [0.25, 0.3) is 11.8 Å². The first kappa shape index (κ1) is 30.8. The Kier molecular flexibility index (Phi) is 9.39. The standard InChI is InChI=1S/C33H37ClN4O4/c1-20(2)30(39)35-18-21-7-13-27(34)26(15-21)31(40)37-25-12-14-28-22(16-25)17-29(38(28)19-42-6)32(41)36-24-10-8-23(9-11-24)33(3,4)5/h7-17,20H,18-19H2,1-6H3,(H,35,39)(H,36,41)(H,37,40). The van der Waals surface area contributed by atoms with Crippen LogP contribution in [0.4, 0.5) is 11.4 Å². The summed E-state index contributed by atoms with van der Waals surface area (Å²) in [5.74, 6) is -0.869. The predicted octanol–water partition coefficient (Wildman–Crippen LogP) is 6.97. The van der Waals surface area contributed by atoms with Crippen LogP contribution in [0.5, 0.6) is 0 Å². The summed E-state index contributed by atoms with van der Waals surface area (Å²) in [5.41, 5.74) is 4.68. The van der Waals surface area contributed by atoms with Gasteiger partial charge in [0.1, 0.15) is 12.4 Å². The quantitative estimate of drug-likeness (QED) is 0.196. The average molecular weight is 589 g/mol. The van der Waals surface area contributed by atoms with Gasteiger partial charge in [-0.15, -0.1) is 0 Å². The molecule has 0 aliphatic rings. The third-order valence-electron chi connectivity index (χ3n) is 6.93. The molecule has 0 aliphatic carbocycles. The van der Waals surface area contributed by atoms with E-state index in [1.54, 1.807) is 48.1 Å². The number of benzene rings is 3. The van der Waals surface area contributed by atoms with Crippen LogP contribution in [-0.2, 0) is 28.2 Å². The van der Waals surface area contributed by atoms with Crippen molar-refractivity contribution in [3.05, 3.63) is 94.1 Å². The zero-order valence-corrected chi connectivity index (χ0v) is 25.6. The number of ether oxygens (including phenoxy) is 1. The number of rotatable bonds is 9. The van der Waals surface area contributed by atoms with E-state index in [1.807, 2.05) is 44.2 Å². The second-order valence-corrected chi connectivity index (χ2v) is 12.0. The van der Waals surface area contributed by atoms with Crippen LogP contribution in [0.25, 0.3) is 10.9 Å². The number of carbonyl (C=O) groups excluding carboxylic acids is 3. The lowest BCUT2D eigenvalue weighted by molar-refractivity contribution is -0.124. The maximum atomic E-state index is 13.3. The molecule has 3 aromatic carbocycles. The molecule has 4 aromatic rings. The molecular formula is C33H37ClN4O4. The molecule has 0 bridgehead atoms. The average Bonchev–Trinajstić information content (AvgIpc) is 3.30. The summed E-state index contributed by atoms with van der Waals surface area (Å²) in [6, 6.07) is 20.1. The smallest absolute Gasteiger partial charge is 0.272 e. The van der Waals surface area contributed by atoms with Crippen LogP contribution < -0.4 is 16.0 Å². The summed E-state index contributed by atoms with van der Waals surface area (Å²) in [4.78, 5) is 38.4. The number of carbonyl (C=O) groups is 3. The molecular weight excluding hydrogens is 552 g/mol. The molecule has 220 valence electrons. The summed E-state index contributed by atoms with van der Waals surface area (Å²) < 4.78 is 7.17. The van der Waals surface area contributed by atoms with Crippen molar-refractivity contribution in [3.63, 3.8) is 0 Å². The molecule has 0 unspecified atom stereocenters. The summed E-state index contributed by atoms with van der Waals surface area (Å²) in [6.45, 7) is 10.5. The highest BCUT2D eigenvalue weighted by molar-refractivity contribution is 6.34. The summed E-state index contributed by atoms with van der Waals surface area (Å²) in [5, 5.41) is 9.77. The van der Waals surface area contributed by atoms with Crippen LogP contribution in [0, 0.1) is 5.92 Å². The molecule has 1 heterocycles. The molecule has 9 heteroatoms. The van der Waals surface area contributed by atoms with Gasteiger partial charge in [-0.25, -0.2) is 0 Å². The molecule has 0 fully saturated rings.